The summed E-state index contributed by atoms with van der Waals surface area (Å²) in [6.07, 6.45) is 0. The molecule has 0 aliphatic carbocycles. The third-order valence-electron chi connectivity index (χ3n) is 5.36. The first-order valence-corrected chi connectivity index (χ1v) is 14.3. The molecule has 10 nitrogen and oxygen atoms in total. The van der Waals surface area contributed by atoms with Gasteiger partial charge in [0, 0.05) is 28.3 Å². The fraction of sp³-hybridized carbons (Fsp3) is 0.115. The second kappa shape index (κ2) is 10.6. The van der Waals surface area contributed by atoms with E-state index in [2.05, 4.69) is 24.7 Å². The molecule has 4 aromatic rings. The summed E-state index contributed by atoms with van der Waals surface area (Å²) in [6.45, 7) is 5.34. The third-order valence-corrected chi connectivity index (χ3v) is 8.10. The normalized spacial score (nSPS) is 11.6. The molecule has 0 radical (unpaired) electrons. The van der Waals surface area contributed by atoms with E-state index in [-0.39, 0.29) is 21.3 Å². The average Bonchev–Trinajstić information content (AvgIpc) is 2.84. The number of aryl methyl sites for hydroxylation is 3. The van der Waals surface area contributed by atoms with Crippen molar-refractivity contribution in [3.8, 4) is 0 Å². The number of anilines is 3. The van der Waals surface area contributed by atoms with Crippen LogP contribution in [-0.2, 0) is 20.0 Å². The van der Waals surface area contributed by atoms with Crippen LogP contribution in [-0.4, -0.2) is 32.7 Å². The number of carbonyl (C=O) groups excluding carboxylic acids is 1. The first-order valence-electron chi connectivity index (χ1n) is 11.4. The van der Waals surface area contributed by atoms with Crippen molar-refractivity contribution in [2.75, 3.05) is 14.8 Å². The standard InChI is InChI=1S/C26H25N5O5S2/c1-17-4-12-23(13-5-17)37(33,34)30-22-8-6-20(7-9-22)25(32)29-21-10-14-24(15-11-21)38(35,36)31-26-27-18(2)16-19(3)28-26/h4-16,30H,1-3H3,(H,29,32)(H,27,28,31). The number of nitrogens with one attached hydrogen (secondary N) is 3. The predicted molar refractivity (Wildman–Crippen MR) is 145 cm³/mol. The van der Waals surface area contributed by atoms with E-state index in [4.69, 9.17) is 0 Å². The Hall–Kier alpha value is -4.29. The summed E-state index contributed by atoms with van der Waals surface area (Å²) in [5, 5.41) is 2.68. The number of sulfonamides is 2. The Balaban J connectivity index is 1.40. The van der Waals surface area contributed by atoms with E-state index in [1.54, 1.807) is 32.0 Å². The number of aromatic nitrogens is 2. The topological polar surface area (TPSA) is 147 Å². The maximum Gasteiger partial charge on any atom is 0.264 e. The fourth-order valence-corrected chi connectivity index (χ4v) is 5.50. The first kappa shape index (κ1) is 26.8. The second-order valence-corrected chi connectivity index (χ2v) is 11.9. The SMILES string of the molecule is Cc1ccc(S(=O)(=O)Nc2ccc(C(=O)Nc3ccc(S(=O)(=O)Nc4nc(C)cc(C)n4)cc3)cc2)cc1. The minimum atomic E-state index is -3.93. The van der Waals surface area contributed by atoms with Gasteiger partial charge < -0.3 is 5.32 Å². The van der Waals surface area contributed by atoms with E-state index in [0.29, 0.717) is 22.8 Å². The molecular formula is C26H25N5O5S2. The Labute approximate surface area is 221 Å². The van der Waals surface area contributed by atoms with E-state index >= 15 is 0 Å². The lowest BCUT2D eigenvalue weighted by Crippen LogP contribution is -2.16. The van der Waals surface area contributed by atoms with E-state index < -0.39 is 26.0 Å². The van der Waals surface area contributed by atoms with Crippen LogP contribution >= 0.6 is 0 Å². The molecule has 0 bridgehead atoms. The van der Waals surface area contributed by atoms with E-state index in [0.717, 1.165) is 5.56 Å². The Bertz CT molecular complexity index is 1670. The van der Waals surface area contributed by atoms with Gasteiger partial charge in [-0.25, -0.2) is 31.5 Å². The zero-order chi connectivity index (χ0) is 27.5. The first-order chi connectivity index (χ1) is 17.9. The minimum absolute atomic E-state index is 0.0236. The van der Waals surface area contributed by atoms with Crippen molar-refractivity contribution in [3.05, 3.63) is 101 Å². The van der Waals surface area contributed by atoms with Crippen LogP contribution in [0.2, 0.25) is 0 Å². The molecule has 0 atom stereocenters. The number of hydrogen-bond donors (Lipinski definition) is 3. The van der Waals surface area contributed by atoms with Gasteiger partial charge in [-0.3, -0.25) is 9.52 Å². The molecular weight excluding hydrogens is 526 g/mol. The molecule has 0 spiro atoms. The minimum Gasteiger partial charge on any atom is -0.322 e. The van der Waals surface area contributed by atoms with Gasteiger partial charge in [0.05, 0.1) is 9.79 Å². The number of carbonyl (C=O) groups is 1. The lowest BCUT2D eigenvalue weighted by molar-refractivity contribution is 0.102. The molecule has 1 heterocycles. The molecule has 0 aliphatic rings. The summed E-state index contributed by atoms with van der Waals surface area (Å²) in [5.74, 6) is -0.472. The number of nitrogens with zero attached hydrogens (tertiary/aromatic N) is 2. The molecule has 3 N–H and O–H groups in total. The van der Waals surface area contributed by atoms with Crippen LogP contribution < -0.4 is 14.8 Å². The highest BCUT2D eigenvalue weighted by molar-refractivity contribution is 7.93. The third kappa shape index (κ3) is 6.52. The van der Waals surface area contributed by atoms with Crippen LogP contribution in [0.5, 0.6) is 0 Å². The molecule has 196 valence electrons. The summed E-state index contributed by atoms with van der Waals surface area (Å²) in [7, 11) is -7.70. The summed E-state index contributed by atoms with van der Waals surface area (Å²) in [6, 6.07) is 19.7. The van der Waals surface area contributed by atoms with E-state index in [1.165, 1.54) is 60.7 Å². The van der Waals surface area contributed by atoms with Crippen molar-refractivity contribution in [2.45, 2.75) is 30.6 Å². The molecule has 0 saturated heterocycles. The van der Waals surface area contributed by atoms with Gasteiger partial charge in [0.15, 0.2) is 0 Å². The molecule has 4 rings (SSSR count). The van der Waals surface area contributed by atoms with Gasteiger partial charge in [0.25, 0.3) is 26.0 Å². The highest BCUT2D eigenvalue weighted by Gasteiger charge is 2.17. The van der Waals surface area contributed by atoms with Crippen molar-refractivity contribution >= 4 is 43.3 Å². The quantitative estimate of drug-likeness (QED) is 0.296. The number of amides is 1. The molecule has 12 heteroatoms. The lowest BCUT2D eigenvalue weighted by Gasteiger charge is -2.10. The van der Waals surface area contributed by atoms with E-state index in [9.17, 15) is 21.6 Å². The largest absolute Gasteiger partial charge is 0.322 e. The van der Waals surface area contributed by atoms with E-state index in [1.807, 2.05) is 6.92 Å². The summed E-state index contributed by atoms with van der Waals surface area (Å²) < 4.78 is 55.3. The lowest BCUT2D eigenvalue weighted by atomic mass is 10.2. The fourth-order valence-electron chi connectivity index (χ4n) is 3.49. The summed E-state index contributed by atoms with van der Waals surface area (Å²) in [4.78, 5) is 20.9. The molecule has 0 fully saturated rings. The molecule has 38 heavy (non-hydrogen) atoms. The zero-order valence-corrected chi connectivity index (χ0v) is 22.4. The Morgan fingerprint density at radius 1 is 0.632 bits per heavy atom. The van der Waals surface area contributed by atoms with Gasteiger partial charge in [0.1, 0.15) is 0 Å². The van der Waals surface area contributed by atoms with Gasteiger partial charge in [-0.15, -0.1) is 0 Å². The van der Waals surface area contributed by atoms with Crippen molar-refractivity contribution in [1.82, 2.24) is 9.97 Å². The highest BCUT2D eigenvalue weighted by Crippen LogP contribution is 2.20. The monoisotopic (exact) mass is 551 g/mol. The molecule has 0 aliphatic heterocycles. The van der Waals surface area contributed by atoms with Gasteiger partial charge in [-0.2, -0.15) is 0 Å². The van der Waals surface area contributed by atoms with Gasteiger partial charge in [-0.1, -0.05) is 17.7 Å². The molecule has 3 aromatic carbocycles. The van der Waals surface area contributed by atoms with Crippen molar-refractivity contribution < 1.29 is 21.6 Å². The zero-order valence-electron chi connectivity index (χ0n) is 20.8. The van der Waals surface area contributed by atoms with Crippen LogP contribution in [0.4, 0.5) is 17.3 Å². The Kier molecular flexibility index (Phi) is 7.46. The predicted octanol–water partition coefficient (Wildman–Crippen LogP) is 4.26. The maximum absolute atomic E-state index is 12.7. The number of hydrogen-bond acceptors (Lipinski definition) is 7. The Morgan fingerprint density at radius 2 is 1.11 bits per heavy atom. The van der Waals surface area contributed by atoms with Gasteiger partial charge in [-0.05, 0) is 87.5 Å². The molecule has 0 saturated carbocycles. The van der Waals surface area contributed by atoms with Crippen LogP contribution in [0.3, 0.4) is 0 Å². The number of rotatable bonds is 8. The maximum atomic E-state index is 12.7. The molecule has 1 aromatic heterocycles. The van der Waals surface area contributed by atoms with Crippen LogP contribution in [0, 0.1) is 20.8 Å². The van der Waals surface area contributed by atoms with Gasteiger partial charge >= 0.3 is 0 Å². The molecule has 0 unspecified atom stereocenters. The van der Waals surface area contributed by atoms with Crippen LogP contribution in [0.15, 0.2) is 88.7 Å². The van der Waals surface area contributed by atoms with Crippen molar-refractivity contribution in [3.63, 3.8) is 0 Å². The summed E-state index contributed by atoms with van der Waals surface area (Å²) in [5.41, 5.74) is 3.17. The molecule has 1 amide bonds. The second-order valence-electron chi connectivity index (χ2n) is 8.55. The van der Waals surface area contributed by atoms with Crippen molar-refractivity contribution in [2.24, 2.45) is 0 Å². The van der Waals surface area contributed by atoms with Crippen LogP contribution in [0.1, 0.15) is 27.3 Å². The van der Waals surface area contributed by atoms with Gasteiger partial charge in [0.2, 0.25) is 5.95 Å². The summed E-state index contributed by atoms with van der Waals surface area (Å²) >= 11 is 0. The average molecular weight is 552 g/mol. The van der Waals surface area contributed by atoms with Crippen LogP contribution in [0.25, 0.3) is 0 Å². The Morgan fingerprint density at radius 3 is 1.66 bits per heavy atom. The highest BCUT2D eigenvalue weighted by atomic mass is 32.2. The smallest absolute Gasteiger partial charge is 0.264 e. The number of benzene rings is 3. The van der Waals surface area contributed by atoms with Crippen molar-refractivity contribution in [1.29, 1.82) is 0 Å².